The molecular formula is C13H25N3O. The van der Waals surface area contributed by atoms with Crippen molar-refractivity contribution in [2.24, 2.45) is 0 Å². The Bertz CT molecular complexity index is 311. The smallest absolute Gasteiger partial charge is 0.297 e. The molecule has 1 heterocycles. The van der Waals surface area contributed by atoms with Gasteiger partial charge in [0.1, 0.15) is 6.26 Å². The normalized spacial score (nSPS) is 12.7. The van der Waals surface area contributed by atoms with Crippen LogP contribution in [0.1, 0.15) is 46.2 Å². The maximum atomic E-state index is 5.55. The summed E-state index contributed by atoms with van der Waals surface area (Å²) in [5.41, 5.74) is 0.982. The molecule has 0 spiro atoms. The molecule has 0 aliphatic heterocycles. The molecule has 0 aliphatic rings. The lowest BCUT2D eigenvalue weighted by Crippen LogP contribution is -2.32. The van der Waals surface area contributed by atoms with Crippen LogP contribution < -0.4 is 10.2 Å². The van der Waals surface area contributed by atoms with Crippen LogP contribution in [0.2, 0.25) is 0 Å². The number of anilines is 1. The van der Waals surface area contributed by atoms with Gasteiger partial charge in [-0.2, -0.15) is 4.98 Å². The minimum atomic E-state index is 0.468. The van der Waals surface area contributed by atoms with Crippen LogP contribution in [0.25, 0.3) is 0 Å². The fourth-order valence-corrected chi connectivity index (χ4v) is 1.76. The number of hydrogen-bond acceptors (Lipinski definition) is 4. The van der Waals surface area contributed by atoms with Gasteiger partial charge in [-0.1, -0.05) is 13.8 Å². The van der Waals surface area contributed by atoms with E-state index in [0.717, 1.165) is 44.2 Å². The fourth-order valence-electron chi connectivity index (χ4n) is 1.76. The Balaban J connectivity index is 2.58. The molecule has 17 heavy (non-hydrogen) atoms. The van der Waals surface area contributed by atoms with E-state index >= 15 is 0 Å². The number of aromatic nitrogens is 1. The highest BCUT2D eigenvalue weighted by atomic mass is 16.4. The predicted octanol–water partition coefficient (Wildman–Crippen LogP) is 2.80. The van der Waals surface area contributed by atoms with Gasteiger partial charge < -0.3 is 14.6 Å². The SMILES string of the molecule is CCCNCc1coc(N(CC)C(C)CC)n1. The van der Waals surface area contributed by atoms with Gasteiger partial charge in [-0.3, -0.25) is 0 Å². The Hall–Kier alpha value is -1.03. The van der Waals surface area contributed by atoms with Crippen molar-refractivity contribution in [2.75, 3.05) is 18.0 Å². The molecular weight excluding hydrogens is 214 g/mol. The summed E-state index contributed by atoms with van der Waals surface area (Å²) in [4.78, 5) is 6.72. The molecule has 1 N–H and O–H groups in total. The molecule has 1 aromatic rings. The molecule has 1 aromatic heterocycles. The summed E-state index contributed by atoms with van der Waals surface area (Å²) >= 11 is 0. The topological polar surface area (TPSA) is 41.3 Å². The molecule has 4 heteroatoms. The Morgan fingerprint density at radius 1 is 1.41 bits per heavy atom. The van der Waals surface area contributed by atoms with E-state index in [4.69, 9.17) is 4.42 Å². The third kappa shape index (κ3) is 4.04. The Kier molecular flexibility index (Phi) is 6.05. The number of oxazole rings is 1. The Labute approximate surface area is 104 Å². The molecule has 0 bridgehead atoms. The van der Waals surface area contributed by atoms with Crippen molar-refractivity contribution < 1.29 is 4.42 Å². The standard InChI is InChI=1S/C13H25N3O/c1-5-8-14-9-12-10-17-13(15-12)16(7-3)11(4)6-2/h10-11,14H,5-9H2,1-4H3. The van der Waals surface area contributed by atoms with Crippen molar-refractivity contribution in [3.63, 3.8) is 0 Å². The average molecular weight is 239 g/mol. The van der Waals surface area contributed by atoms with Crippen LogP contribution in [-0.4, -0.2) is 24.1 Å². The Morgan fingerprint density at radius 2 is 2.18 bits per heavy atom. The number of hydrogen-bond donors (Lipinski definition) is 1. The highest BCUT2D eigenvalue weighted by molar-refractivity contribution is 5.28. The maximum absolute atomic E-state index is 5.55. The maximum Gasteiger partial charge on any atom is 0.297 e. The molecule has 0 aliphatic carbocycles. The third-order valence-electron chi connectivity index (χ3n) is 2.98. The van der Waals surface area contributed by atoms with Crippen LogP contribution in [0.4, 0.5) is 6.01 Å². The quantitative estimate of drug-likeness (QED) is 0.708. The van der Waals surface area contributed by atoms with Gasteiger partial charge in [-0.15, -0.1) is 0 Å². The molecule has 0 saturated heterocycles. The summed E-state index contributed by atoms with van der Waals surface area (Å²) in [5, 5.41) is 3.32. The van der Waals surface area contributed by atoms with Gasteiger partial charge >= 0.3 is 0 Å². The van der Waals surface area contributed by atoms with E-state index in [-0.39, 0.29) is 0 Å². The number of nitrogens with zero attached hydrogens (tertiary/aromatic N) is 2. The molecule has 1 rings (SSSR count). The lowest BCUT2D eigenvalue weighted by atomic mass is 10.2. The van der Waals surface area contributed by atoms with Crippen LogP contribution in [0.5, 0.6) is 0 Å². The van der Waals surface area contributed by atoms with Crippen molar-refractivity contribution >= 4 is 6.01 Å². The number of rotatable bonds is 8. The Morgan fingerprint density at radius 3 is 2.76 bits per heavy atom. The zero-order valence-corrected chi connectivity index (χ0v) is 11.5. The molecule has 0 radical (unpaired) electrons. The second-order valence-electron chi connectivity index (χ2n) is 4.34. The molecule has 1 atom stereocenters. The third-order valence-corrected chi connectivity index (χ3v) is 2.98. The van der Waals surface area contributed by atoms with Crippen LogP contribution in [0.15, 0.2) is 10.7 Å². The predicted molar refractivity (Wildman–Crippen MR) is 71.3 cm³/mol. The van der Waals surface area contributed by atoms with Gasteiger partial charge in [0.15, 0.2) is 0 Å². The van der Waals surface area contributed by atoms with Gasteiger partial charge in [0.25, 0.3) is 6.01 Å². The van der Waals surface area contributed by atoms with Crippen LogP contribution in [0, 0.1) is 0 Å². The van der Waals surface area contributed by atoms with E-state index in [1.54, 1.807) is 6.26 Å². The minimum absolute atomic E-state index is 0.468. The lowest BCUT2D eigenvalue weighted by Gasteiger charge is -2.24. The molecule has 0 fully saturated rings. The van der Waals surface area contributed by atoms with Crippen molar-refractivity contribution in [1.82, 2.24) is 10.3 Å². The van der Waals surface area contributed by atoms with E-state index in [2.05, 4.69) is 42.9 Å². The van der Waals surface area contributed by atoms with Crippen molar-refractivity contribution in [2.45, 2.75) is 53.1 Å². The molecule has 0 saturated carbocycles. The summed E-state index contributed by atoms with van der Waals surface area (Å²) in [7, 11) is 0. The average Bonchev–Trinajstić information content (AvgIpc) is 2.79. The second-order valence-corrected chi connectivity index (χ2v) is 4.34. The summed E-state index contributed by atoms with van der Waals surface area (Å²) in [6, 6.07) is 1.21. The summed E-state index contributed by atoms with van der Waals surface area (Å²) < 4.78 is 5.55. The van der Waals surface area contributed by atoms with E-state index in [0.29, 0.717) is 6.04 Å². The van der Waals surface area contributed by atoms with Crippen LogP contribution in [0.3, 0.4) is 0 Å². The zero-order valence-electron chi connectivity index (χ0n) is 11.5. The van der Waals surface area contributed by atoms with Crippen molar-refractivity contribution in [3.8, 4) is 0 Å². The van der Waals surface area contributed by atoms with Crippen molar-refractivity contribution in [3.05, 3.63) is 12.0 Å². The molecule has 0 aromatic carbocycles. The largest absolute Gasteiger partial charge is 0.432 e. The first-order chi connectivity index (χ1) is 8.22. The molecule has 0 amide bonds. The van der Waals surface area contributed by atoms with Crippen LogP contribution in [-0.2, 0) is 6.54 Å². The summed E-state index contributed by atoms with van der Waals surface area (Å²) in [6.07, 6.45) is 3.99. The monoisotopic (exact) mass is 239 g/mol. The molecule has 1 unspecified atom stereocenters. The lowest BCUT2D eigenvalue weighted by molar-refractivity contribution is 0.501. The fraction of sp³-hybridized carbons (Fsp3) is 0.769. The zero-order chi connectivity index (χ0) is 12.7. The molecule has 98 valence electrons. The first kappa shape index (κ1) is 14.0. The minimum Gasteiger partial charge on any atom is -0.432 e. The van der Waals surface area contributed by atoms with E-state index in [9.17, 15) is 0 Å². The summed E-state index contributed by atoms with van der Waals surface area (Å²) in [6.45, 7) is 11.4. The van der Waals surface area contributed by atoms with Crippen molar-refractivity contribution in [1.29, 1.82) is 0 Å². The van der Waals surface area contributed by atoms with Gasteiger partial charge in [0.05, 0.1) is 5.69 Å². The van der Waals surface area contributed by atoms with Gasteiger partial charge in [0, 0.05) is 19.1 Å². The first-order valence-corrected chi connectivity index (χ1v) is 6.64. The first-order valence-electron chi connectivity index (χ1n) is 6.64. The second kappa shape index (κ2) is 7.33. The molecule has 4 nitrogen and oxygen atoms in total. The summed E-state index contributed by atoms with van der Waals surface area (Å²) in [5.74, 6) is 0. The highest BCUT2D eigenvalue weighted by Gasteiger charge is 2.16. The number of nitrogens with one attached hydrogen (secondary N) is 1. The van der Waals surface area contributed by atoms with Gasteiger partial charge in [-0.05, 0) is 33.2 Å². The van der Waals surface area contributed by atoms with E-state index < -0.39 is 0 Å². The van der Waals surface area contributed by atoms with Gasteiger partial charge in [-0.25, -0.2) is 0 Å². The van der Waals surface area contributed by atoms with Gasteiger partial charge in [0.2, 0.25) is 0 Å². The van der Waals surface area contributed by atoms with E-state index in [1.807, 2.05) is 0 Å². The highest BCUT2D eigenvalue weighted by Crippen LogP contribution is 2.17. The van der Waals surface area contributed by atoms with E-state index in [1.165, 1.54) is 0 Å². The van der Waals surface area contributed by atoms with Crippen LogP contribution >= 0.6 is 0 Å².